The monoisotopic (exact) mass is 626 g/mol. The molecule has 0 spiro atoms. The molecule has 19 heteroatoms. The first-order chi connectivity index (χ1) is 19.7. The van der Waals surface area contributed by atoms with E-state index >= 15 is 0 Å². The van der Waals surface area contributed by atoms with Crippen LogP contribution in [0, 0.1) is 5.82 Å². The number of rotatable bonds is 10. The molecule has 1 amide bonds. The van der Waals surface area contributed by atoms with E-state index in [-0.39, 0.29) is 70.8 Å². The predicted octanol–water partition coefficient (Wildman–Crippen LogP) is -4.16. The van der Waals surface area contributed by atoms with Crippen LogP contribution in [0.1, 0.15) is 16.6 Å². The predicted molar refractivity (Wildman–Crippen MR) is 135 cm³/mol. The minimum Gasteiger partial charge on any atom is -0.790 e. The normalized spacial score (nSPS) is 14.2. The standard InChI is InChI=1S/C23H26FN6O9P.2Na/c1-23(2)21(31)30(11-38-40(32,33)34)20-14(39-23)6-7-17(28-20)27-19-13(24)10-25-22(29-19)26-12-8-15(35-3)18(37-5)16(9-12)36-4;;/h6-10H,11H2,1-5H3,(H2,32,33,34)(H2,25,26,27,28,29);;/q;2*+1/p-2/i6D,7D;;. The van der Waals surface area contributed by atoms with Crippen LogP contribution in [0.2, 0.25) is 0 Å². The molecular weight excluding hydrogens is 600 g/mol. The summed E-state index contributed by atoms with van der Waals surface area (Å²) in [4.78, 5) is 47.8. The van der Waals surface area contributed by atoms with Gasteiger partial charge >= 0.3 is 59.1 Å². The van der Waals surface area contributed by atoms with Crippen LogP contribution >= 0.6 is 7.82 Å². The minimum absolute atomic E-state index is 0. The van der Waals surface area contributed by atoms with E-state index in [2.05, 4.69) is 30.1 Å². The van der Waals surface area contributed by atoms with Gasteiger partial charge in [-0.05, 0) is 25.9 Å². The number of phosphoric ester groups is 1. The van der Waals surface area contributed by atoms with E-state index in [1.54, 1.807) is 12.1 Å². The van der Waals surface area contributed by atoms with Crippen molar-refractivity contribution in [1.82, 2.24) is 15.0 Å². The number of methoxy groups -OCH3 is 3. The molecule has 214 valence electrons. The van der Waals surface area contributed by atoms with E-state index in [4.69, 9.17) is 21.7 Å². The second kappa shape index (κ2) is 14.5. The molecule has 0 radical (unpaired) electrons. The molecular formula is C23H24FN6Na2O9P. The number of fused-ring (bicyclic) bond motifs is 1. The van der Waals surface area contributed by atoms with Crippen molar-refractivity contribution in [1.29, 1.82) is 0 Å². The van der Waals surface area contributed by atoms with Crippen molar-refractivity contribution in [2.24, 2.45) is 0 Å². The number of anilines is 5. The van der Waals surface area contributed by atoms with Gasteiger partial charge in [0, 0.05) is 17.8 Å². The molecule has 2 N–H and O–H groups in total. The summed E-state index contributed by atoms with van der Waals surface area (Å²) in [6.07, 6.45) is 0.828. The van der Waals surface area contributed by atoms with E-state index in [9.17, 15) is 23.5 Å². The van der Waals surface area contributed by atoms with Gasteiger partial charge in [-0.1, -0.05) is 0 Å². The number of nitrogens with zero attached hydrogens (tertiary/aromatic N) is 4. The van der Waals surface area contributed by atoms with Crippen molar-refractivity contribution in [3.63, 3.8) is 0 Å². The Kier molecular flexibility index (Phi) is 11.3. The largest absolute Gasteiger partial charge is 1.00 e. The molecule has 0 bridgehead atoms. The van der Waals surface area contributed by atoms with Gasteiger partial charge in [0.1, 0.15) is 12.5 Å². The third-order valence-corrected chi connectivity index (χ3v) is 5.77. The maximum atomic E-state index is 14.8. The molecule has 0 saturated heterocycles. The molecule has 42 heavy (non-hydrogen) atoms. The Bertz CT molecular complexity index is 1580. The Balaban J connectivity index is 0.00000337. The average molecular weight is 626 g/mol. The Morgan fingerprint density at radius 3 is 2.31 bits per heavy atom. The van der Waals surface area contributed by atoms with Gasteiger partial charge in [-0.15, -0.1) is 0 Å². The fraction of sp³-hybridized carbons (Fsp3) is 0.304. The Morgan fingerprint density at radius 1 is 1.10 bits per heavy atom. The SMILES string of the molecule is [2H]c1c(Nc2nc(Nc3cc(OC)c(OC)c(OC)c3)ncc2F)nc2c(c1[2H])OC(C)(C)C(=O)N2COP(=O)([O-])[O-].[Na+].[Na+]. The molecule has 1 aliphatic heterocycles. The minimum atomic E-state index is -5.52. The van der Waals surface area contributed by atoms with Gasteiger partial charge in [0.05, 0.1) is 38.1 Å². The third kappa shape index (κ3) is 8.23. The number of hydrogen-bond donors (Lipinski definition) is 2. The third-order valence-electron chi connectivity index (χ3n) is 5.34. The van der Waals surface area contributed by atoms with Crippen LogP contribution in [-0.4, -0.2) is 54.5 Å². The second-order valence-corrected chi connectivity index (χ2v) is 9.62. The molecule has 4 rings (SSSR count). The van der Waals surface area contributed by atoms with Crippen LogP contribution < -0.4 is 103 Å². The number of nitrogens with one attached hydrogen (secondary N) is 2. The maximum Gasteiger partial charge on any atom is 1.00 e. The summed E-state index contributed by atoms with van der Waals surface area (Å²) in [5, 5.41) is 5.35. The van der Waals surface area contributed by atoms with Crippen molar-refractivity contribution >= 4 is 42.8 Å². The van der Waals surface area contributed by atoms with Crippen LogP contribution in [0.4, 0.5) is 33.5 Å². The van der Waals surface area contributed by atoms with Crippen molar-refractivity contribution in [3.8, 4) is 23.0 Å². The smallest absolute Gasteiger partial charge is 0.790 e. The summed E-state index contributed by atoms with van der Waals surface area (Å²) < 4.78 is 68.4. The zero-order valence-corrected chi connectivity index (χ0v) is 28.6. The van der Waals surface area contributed by atoms with Crippen LogP contribution in [0.3, 0.4) is 0 Å². The zero-order valence-electron chi connectivity index (χ0n) is 25.7. The number of pyridine rings is 1. The van der Waals surface area contributed by atoms with Gasteiger partial charge in [0.2, 0.25) is 11.7 Å². The molecule has 2 aromatic heterocycles. The zero-order chi connectivity index (χ0) is 31.0. The molecule has 1 aliphatic rings. The number of hydrogen-bond acceptors (Lipinski definition) is 14. The molecule has 15 nitrogen and oxygen atoms in total. The van der Waals surface area contributed by atoms with Gasteiger partial charge in [-0.2, -0.15) is 4.98 Å². The molecule has 3 heterocycles. The van der Waals surface area contributed by atoms with E-state index in [1.165, 1.54) is 35.2 Å². The summed E-state index contributed by atoms with van der Waals surface area (Å²) >= 11 is 0. The number of phosphoric acid groups is 1. The first-order valence-corrected chi connectivity index (χ1v) is 12.7. The molecule has 0 unspecified atom stereocenters. The summed E-state index contributed by atoms with van der Waals surface area (Å²) in [6.45, 7) is 1.58. The first-order valence-electron chi connectivity index (χ1n) is 12.2. The van der Waals surface area contributed by atoms with Crippen molar-refractivity contribution in [2.75, 3.05) is 43.6 Å². The van der Waals surface area contributed by atoms with Gasteiger partial charge in [0.25, 0.3) is 5.91 Å². The number of benzene rings is 1. The molecule has 0 aliphatic carbocycles. The number of halogens is 1. The summed E-state index contributed by atoms with van der Waals surface area (Å²) in [5.41, 5.74) is -1.25. The average Bonchev–Trinajstić information content (AvgIpc) is 2.93. The summed E-state index contributed by atoms with van der Waals surface area (Å²) in [6, 6.07) is 1.96. The van der Waals surface area contributed by atoms with E-state index in [0.717, 1.165) is 6.20 Å². The second-order valence-electron chi connectivity index (χ2n) is 8.47. The molecule has 3 aromatic rings. The number of amides is 1. The van der Waals surface area contributed by atoms with Crippen LogP contribution in [0.5, 0.6) is 23.0 Å². The van der Waals surface area contributed by atoms with E-state index in [1.807, 2.05) is 0 Å². The maximum absolute atomic E-state index is 14.8. The van der Waals surface area contributed by atoms with Crippen molar-refractivity contribution in [2.45, 2.75) is 19.4 Å². The summed E-state index contributed by atoms with van der Waals surface area (Å²) in [5.74, 6) is -2.71. The molecule has 0 atom stereocenters. The van der Waals surface area contributed by atoms with Crippen LogP contribution in [0.15, 0.2) is 30.4 Å². The van der Waals surface area contributed by atoms with E-state index < -0.39 is 61.4 Å². The topological polar surface area (TPSA) is 192 Å². The van der Waals surface area contributed by atoms with Crippen LogP contribution in [0.25, 0.3) is 0 Å². The van der Waals surface area contributed by atoms with Gasteiger partial charge in [0.15, 0.2) is 40.3 Å². The Morgan fingerprint density at radius 2 is 1.74 bits per heavy atom. The molecule has 1 aromatic carbocycles. The number of carbonyl (C=O) groups excluding carboxylic acids is 1. The Hall–Kier alpha value is -2.24. The Labute approximate surface area is 287 Å². The van der Waals surface area contributed by atoms with Gasteiger partial charge in [-0.25, -0.2) is 14.4 Å². The number of carbonyl (C=O) groups is 1. The van der Waals surface area contributed by atoms with E-state index in [0.29, 0.717) is 27.8 Å². The number of ether oxygens (including phenoxy) is 4. The fourth-order valence-electron chi connectivity index (χ4n) is 3.55. The fourth-order valence-corrected chi connectivity index (χ4v) is 3.80. The first kappa shape index (κ1) is 32.7. The summed E-state index contributed by atoms with van der Waals surface area (Å²) in [7, 11) is -1.23. The van der Waals surface area contributed by atoms with Crippen molar-refractivity contribution < 1.29 is 109 Å². The van der Waals surface area contributed by atoms with Crippen LogP contribution in [-0.2, 0) is 13.9 Å². The van der Waals surface area contributed by atoms with Crippen molar-refractivity contribution in [3.05, 3.63) is 36.2 Å². The quantitative estimate of drug-likeness (QED) is 0.163. The molecule has 0 saturated carbocycles. The number of aromatic nitrogens is 3. The molecule has 0 fully saturated rings. The van der Waals surface area contributed by atoms with Gasteiger partial charge in [-0.3, -0.25) is 9.69 Å². The van der Waals surface area contributed by atoms with Gasteiger partial charge < -0.3 is 48.5 Å².